The van der Waals surface area contributed by atoms with E-state index in [4.69, 9.17) is 9.05 Å². The molecule has 0 aliphatic carbocycles. The number of aliphatic hydroxyl groups is 1. The van der Waals surface area contributed by atoms with Crippen molar-refractivity contribution in [2.75, 3.05) is 40.9 Å². The summed E-state index contributed by atoms with van der Waals surface area (Å²) < 4.78 is 23.4. The van der Waals surface area contributed by atoms with Crippen molar-refractivity contribution >= 4 is 13.7 Å². The van der Waals surface area contributed by atoms with Gasteiger partial charge in [0.25, 0.3) is 7.82 Å². The molecule has 0 radical (unpaired) electrons. The summed E-state index contributed by atoms with van der Waals surface area (Å²) >= 11 is 0. The van der Waals surface area contributed by atoms with Crippen molar-refractivity contribution in [3.8, 4) is 0 Å². The SMILES string of the molecule is CC/C=C\C/C=C\C/C=C\C/C=C\C/C=C\CCCCCCCCCCCC(=O)NC(COP(=O)([O-])OCC[N+](C)(C)C)C(O)/C=C/CC/C=C/CC/C=C/CCCCCCCCCCCCCCCCCCCCCCCC. The van der Waals surface area contributed by atoms with Gasteiger partial charge < -0.3 is 28.8 Å². The molecule has 0 spiro atoms. The molecular formula is C70H127N2O6P. The average molecular weight is 1120 g/mol. The maximum absolute atomic E-state index is 13.0. The molecule has 0 aliphatic rings. The number of allylic oxidation sites excluding steroid dienone is 15. The first-order valence-electron chi connectivity index (χ1n) is 33.1. The van der Waals surface area contributed by atoms with Crippen molar-refractivity contribution in [2.24, 2.45) is 0 Å². The second-order valence-corrected chi connectivity index (χ2v) is 24.8. The molecule has 79 heavy (non-hydrogen) atoms. The number of rotatable bonds is 60. The Morgan fingerprint density at radius 2 is 0.785 bits per heavy atom. The molecule has 0 rings (SSSR count). The monoisotopic (exact) mass is 1120 g/mol. The van der Waals surface area contributed by atoms with Gasteiger partial charge in [0.05, 0.1) is 39.9 Å². The number of aliphatic hydroxyl groups excluding tert-OH is 1. The largest absolute Gasteiger partial charge is 0.756 e. The number of unbranched alkanes of at least 4 members (excludes halogenated alkanes) is 33. The van der Waals surface area contributed by atoms with Gasteiger partial charge in [-0.05, 0) is 89.9 Å². The first-order valence-corrected chi connectivity index (χ1v) is 34.6. The summed E-state index contributed by atoms with van der Waals surface area (Å²) in [5, 5.41) is 13.9. The van der Waals surface area contributed by atoms with E-state index in [0.29, 0.717) is 17.4 Å². The van der Waals surface area contributed by atoms with Gasteiger partial charge in [-0.15, -0.1) is 0 Å². The van der Waals surface area contributed by atoms with E-state index in [1.165, 1.54) is 180 Å². The normalized spacial score (nSPS) is 14.4. The summed E-state index contributed by atoms with van der Waals surface area (Å²) in [6, 6.07) is -0.922. The third-order valence-electron chi connectivity index (χ3n) is 14.5. The van der Waals surface area contributed by atoms with Crippen LogP contribution in [0, 0.1) is 0 Å². The third-order valence-corrected chi connectivity index (χ3v) is 15.5. The molecule has 0 aromatic carbocycles. The lowest BCUT2D eigenvalue weighted by atomic mass is 10.0. The lowest BCUT2D eigenvalue weighted by molar-refractivity contribution is -0.870. The Kier molecular flexibility index (Phi) is 58.1. The van der Waals surface area contributed by atoms with Crippen LogP contribution in [0.4, 0.5) is 0 Å². The Balaban J connectivity index is 4.20. The summed E-state index contributed by atoms with van der Waals surface area (Å²) in [4.78, 5) is 25.6. The molecule has 0 heterocycles. The maximum Gasteiger partial charge on any atom is 0.268 e. The molecule has 1 amide bonds. The molecule has 9 heteroatoms. The predicted molar refractivity (Wildman–Crippen MR) is 343 cm³/mol. The minimum atomic E-state index is -4.62. The zero-order valence-electron chi connectivity index (χ0n) is 52.3. The Morgan fingerprint density at radius 1 is 0.456 bits per heavy atom. The minimum Gasteiger partial charge on any atom is -0.756 e. The maximum atomic E-state index is 13.0. The summed E-state index contributed by atoms with van der Waals surface area (Å²) in [6.07, 6.45) is 86.7. The van der Waals surface area contributed by atoms with Crippen molar-refractivity contribution in [3.05, 3.63) is 97.2 Å². The van der Waals surface area contributed by atoms with E-state index in [1.807, 2.05) is 27.2 Å². The van der Waals surface area contributed by atoms with E-state index in [9.17, 15) is 19.4 Å². The van der Waals surface area contributed by atoms with Crippen LogP contribution in [-0.4, -0.2) is 68.5 Å². The van der Waals surface area contributed by atoms with Crippen LogP contribution in [0.5, 0.6) is 0 Å². The number of carbonyl (C=O) groups is 1. The number of phosphoric ester groups is 1. The standard InChI is InChI=1S/C70H127N2O6P/c1-6-8-10-12-14-16-18-20-22-24-26-28-30-32-33-34-35-36-37-38-40-41-43-45-47-49-51-53-55-57-59-61-63-69(73)68(67-78-79(75,76)77-66-65-72(3,4)5)71-70(74)64-62-60-58-56-54-52-50-48-46-44-42-39-31-29-27-25-23-21-19-17-15-13-11-9-7-2/h9,11,15,17,21,23,27,29,39,42,45,47,53,55,61,63,68-69,73H,6-8,10,12-14,16,18-20,22,24-26,28,30-38,40-41,43-44,46,48-52,54,56-60,62,64-67H2,1-5H3,(H-,71,74,75,76)/b11-9-,17-15-,23-21-,29-27-,42-39-,47-45+,55-53+,63-61+. The van der Waals surface area contributed by atoms with Crippen molar-refractivity contribution in [2.45, 2.75) is 302 Å². The van der Waals surface area contributed by atoms with Gasteiger partial charge in [0, 0.05) is 6.42 Å². The molecule has 8 nitrogen and oxygen atoms in total. The zero-order valence-corrected chi connectivity index (χ0v) is 53.2. The molecule has 0 saturated heterocycles. The highest BCUT2D eigenvalue weighted by Crippen LogP contribution is 2.38. The van der Waals surface area contributed by atoms with Gasteiger partial charge in [-0.2, -0.15) is 0 Å². The number of hydrogen-bond donors (Lipinski definition) is 2. The van der Waals surface area contributed by atoms with Crippen molar-refractivity contribution in [3.63, 3.8) is 0 Å². The number of carbonyl (C=O) groups excluding carboxylic acids is 1. The van der Waals surface area contributed by atoms with Gasteiger partial charge in [0.1, 0.15) is 13.2 Å². The van der Waals surface area contributed by atoms with Crippen LogP contribution in [0.3, 0.4) is 0 Å². The van der Waals surface area contributed by atoms with E-state index in [2.05, 4.69) is 104 Å². The van der Waals surface area contributed by atoms with Crippen LogP contribution in [-0.2, 0) is 18.4 Å². The fraction of sp³-hybridized carbons (Fsp3) is 0.757. The van der Waals surface area contributed by atoms with E-state index >= 15 is 0 Å². The van der Waals surface area contributed by atoms with Gasteiger partial charge in [-0.3, -0.25) is 9.36 Å². The molecule has 458 valence electrons. The van der Waals surface area contributed by atoms with Crippen LogP contribution in [0.2, 0.25) is 0 Å². The van der Waals surface area contributed by atoms with E-state index in [1.54, 1.807) is 6.08 Å². The summed E-state index contributed by atoms with van der Waals surface area (Å²) in [6.45, 7) is 4.52. The Hall–Kier alpha value is -2.58. The van der Waals surface area contributed by atoms with Gasteiger partial charge in [0.2, 0.25) is 5.91 Å². The summed E-state index contributed by atoms with van der Waals surface area (Å²) in [5.41, 5.74) is 0. The molecule has 0 aromatic heterocycles. The highest BCUT2D eigenvalue weighted by molar-refractivity contribution is 7.45. The number of phosphoric acid groups is 1. The van der Waals surface area contributed by atoms with Crippen molar-refractivity contribution < 1.29 is 32.9 Å². The lowest BCUT2D eigenvalue weighted by Crippen LogP contribution is -2.45. The van der Waals surface area contributed by atoms with Gasteiger partial charge in [-0.1, -0.05) is 291 Å². The molecule has 3 unspecified atom stereocenters. The molecule has 0 fully saturated rings. The number of hydrogen-bond acceptors (Lipinski definition) is 6. The fourth-order valence-corrected chi connectivity index (χ4v) is 10.1. The van der Waals surface area contributed by atoms with Crippen molar-refractivity contribution in [1.29, 1.82) is 0 Å². The molecule has 0 aliphatic heterocycles. The minimum absolute atomic E-state index is 0.0148. The fourth-order valence-electron chi connectivity index (χ4n) is 9.39. The first kappa shape index (κ1) is 76.4. The lowest BCUT2D eigenvalue weighted by Gasteiger charge is -2.29. The highest BCUT2D eigenvalue weighted by Gasteiger charge is 2.23. The smallest absolute Gasteiger partial charge is 0.268 e. The molecule has 3 atom stereocenters. The number of quaternary nitrogens is 1. The van der Waals surface area contributed by atoms with Crippen LogP contribution in [0.25, 0.3) is 0 Å². The van der Waals surface area contributed by atoms with E-state index in [0.717, 1.165) is 89.9 Å². The topological polar surface area (TPSA) is 108 Å². The number of likely N-dealkylation sites (N-methyl/N-ethyl adjacent to an activating group) is 1. The number of amides is 1. The van der Waals surface area contributed by atoms with Crippen LogP contribution in [0.15, 0.2) is 97.2 Å². The number of nitrogens with zero attached hydrogens (tertiary/aromatic N) is 1. The van der Waals surface area contributed by atoms with Gasteiger partial charge in [0.15, 0.2) is 0 Å². The van der Waals surface area contributed by atoms with E-state index < -0.39 is 26.6 Å². The third kappa shape index (κ3) is 62.9. The Bertz CT molecular complexity index is 1610. The van der Waals surface area contributed by atoms with Crippen LogP contribution >= 0.6 is 7.82 Å². The summed E-state index contributed by atoms with van der Waals surface area (Å²) in [7, 11) is 1.22. The van der Waals surface area contributed by atoms with Gasteiger partial charge >= 0.3 is 0 Å². The van der Waals surface area contributed by atoms with E-state index in [-0.39, 0.29) is 12.5 Å². The highest BCUT2D eigenvalue weighted by atomic mass is 31.2. The molecule has 0 aromatic rings. The molecule has 0 saturated carbocycles. The first-order chi connectivity index (χ1) is 38.5. The second-order valence-electron chi connectivity index (χ2n) is 23.4. The quantitative estimate of drug-likeness (QED) is 0.0272. The molecule has 2 N–H and O–H groups in total. The number of nitrogens with one attached hydrogen (secondary N) is 1. The molecule has 0 bridgehead atoms. The van der Waals surface area contributed by atoms with Gasteiger partial charge in [-0.25, -0.2) is 0 Å². The Morgan fingerprint density at radius 3 is 1.18 bits per heavy atom. The van der Waals surface area contributed by atoms with Crippen LogP contribution in [0.1, 0.15) is 290 Å². The Labute approximate surface area is 489 Å². The van der Waals surface area contributed by atoms with Crippen LogP contribution < -0.4 is 10.2 Å². The molecular weight excluding hydrogens is 996 g/mol. The average Bonchev–Trinajstić information content (AvgIpc) is 3.42. The van der Waals surface area contributed by atoms with Crippen molar-refractivity contribution in [1.82, 2.24) is 5.32 Å². The summed E-state index contributed by atoms with van der Waals surface area (Å²) in [5.74, 6) is -0.219. The second kappa shape index (κ2) is 60.0. The zero-order chi connectivity index (χ0) is 57.7. The predicted octanol–water partition coefficient (Wildman–Crippen LogP) is 20.3.